The second-order valence-electron chi connectivity index (χ2n) is 2.91. The Labute approximate surface area is 68.7 Å². The van der Waals surface area contributed by atoms with Crippen LogP contribution in [0.2, 0.25) is 0 Å². The summed E-state index contributed by atoms with van der Waals surface area (Å²) < 4.78 is 1.38. The predicted octanol–water partition coefficient (Wildman–Crippen LogP) is -0.744. The van der Waals surface area contributed by atoms with Crippen molar-refractivity contribution >= 4 is 0 Å². The van der Waals surface area contributed by atoms with E-state index in [0.717, 1.165) is 0 Å². The van der Waals surface area contributed by atoms with Gasteiger partial charge in [-0.3, -0.25) is 4.79 Å². The van der Waals surface area contributed by atoms with E-state index in [2.05, 4.69) is 0 Å². The van der Waals surface area contributed by atoms with Crippen molar-refractivity contribution < 1.29 is 10.2 Å². The molecule has 2 heterocycles. The van der Waals surface area contributed by atoms with Gasteiger partial charge < -0.3 is 14.8 Å². The van der Waals surface area contributed by atoms with Gasteiger partial charge in [-0.05, 0) is 6.07 Å². The molecule has 0 fully saturated rings. The molecule has 0 aliphatic carbocycles. The maximum absolute atomic E-state index is 11.1. The van der Waals surface area contributed by atoms with Crippen LogP contribution in [0.5, 0.6) is 0 Å². The van der Waals surface area contributed by atoms with Crippen LogP contribution in [-0.4, -0.2) is 20.9 Å². The third-order valence-corrected chi connectivity index (χ3v) is 2.12. The highest BCUT2D eigenvalue weighted by molar-refractivity contribution is 5.14. The van der Waals surface area contributed by atoms with Gasteiger partial charge in [0.25, 0.3) is 5.56 Å². The van der Waals surface area contributed by atoms with E-state index in [0.29, 0.717) is 5.69 Å². The zero-order valence-corrected chi connectivity index (χ0v) is 6.34. The summed E-state index contributed by atoms with van der Waals surface area (Å²) >= 11 is 0. The molecule has 0 bridgehead atoms. The van der Waals surface area contributed by atoms with Crippen LogP contribution in [0.15, 0.2) is 23.0 Å². The highest BCUT2D eigenvalue weighted by Crippen LogP contribution is 2.22. The topological polar surface area (TPSA) is 62.5 Å². The van der Waals surface area contributed by atoms with Crippen LogP contribution in [0.25, 0.3) is 0 Å². The van der Waals surface area contributed by atoms with Gasteiger partial charge in [0, 0.05) is 6.07 Å². The Kier molecular flexibility index (Phi) is 1.52. The van der Waals surface area contributed by atoms with Gasteiger partial charge in [0.2, 0.25) is 0 Å². The smallest absolute Gasteiger partial charge is 0.250 e. The van der Waals surface area contributed by atoms with Gasteiger partial charge in [-0.1, -0.05) is 6.07 Å². The van der Waals surface area contributed by atoms with Crippen LogP contribution in [0.3, 0.4) is 0 Å². The van der Waals surface area contributed by atoms with Crippen molar-refractivity contribution in [1.82, 2.24) is 4.57 Å². The number of hydrogen-bond acceptors (Lipinski definition) is 3. The molecule has 1 aliphatic rings. The summed E-state index contributed by atoms with van der Waals surface area (Å²) in [7, 11) is 0. The summed E-state index contributed by atoms with van der Waals surface area (Å²) in [5.74, 6) is 0. The number of hydrogen-bond donors (Lipinski definition) is 2. The number of fused-ring (bicyclic) bond motifs is 1. The maximum Gasteiger partial charge on any atom is 0.250 e. The molecule has 1 aromatic rings. The second kappa shape index (κ2) is 2.43. The molecule has 64 valence electrons. The van der Waals surface area contributed by atoms with Crippen molar-refractivity contribution in [2.45, 2.75) is 18.8 Å². The molecule has 2 unspecified atom stereocenters. The average Bonchev–Trinajstić information content (AvgIpc) is 2.32. The zero-order chi connectivity index (χ0) is 8.72. The van der Waals surface area contributed by atoms with E-state index in [4.69, 9.17) is 0 Å². The highest BCUT2D eigenvalue weighted by atomic mass is 16.3. The molecule has 0 saturated carbocycles. The summed E-state index contributed by atoms with van der Waals surface area (Å²) in [5, 5.41) is 18.6. The van der Waals surface area contributed by atoms with Crippen molar-refractivity contribution in [3.05, 3.63) is 34.2 Å². The summed E-state index contributed by atoms with van der Waals surface area (Å²) in [6.07, 6.45) is -1.76. The van der Waals surface area contributed by atoms with Crippen LogP contribution in [-0.2, 0) is 6.54 Å². The van der Waals surface area contributed by atoms with Crippen molar-refractivity contribution in [1.29, 1.82) is 0 Å². The Balaban J connectivity index is 2.61. The predicted molar refractivity (Wildman–Crippen MR) is 41.7 cm³/mol. The minimum atomic E-state index is -0.918. The molecule has 0 amide bonds. The van der Waals surface area contributed by atoms with E-state index in [1.165, 1.54) is 10.6 Å². The molecule has 1 aliphatic heterocycles. The minimum absolute atomic E-state index is 0.178. The van der Waals surface area contributed by atoms with Gasteiger partial charge in [-0.25, -0.2) is 0 Å². The molecule has 2 N–H and O–H groups in total. The lowest BCUT2D eigenvalue weighted by molar-refractivity contribution is 0.0309. The molecule has 0 aromatic carbocycles. The lowest BCUT2D eigenvalue weighted by Gasteiger charge is -2.04. The van der Waals surface area contributed by atoms with Gasteiger partial charge in [0.05, 0.1) is 12.2 Å². The molecule has 2 atom stereocenters. The number of nitrogens with zero attached hydrogens (tertiary/aromatic N) is 1. The van der Waals surface area contributed by atoms with E-state index < -0.39 is 12.2 Å². The van der Waals surface area contributed by atoms with E-state index in [-0.39, 0.29) is 12.1 Å². The van der Waals surface area contributed by atoms with Crippen molar-refractivity contribution in [3.63, 3.8) is 0 Å². The summed E-state index contributed by atoms with van der Waals surface area (Å²) in [6.45, 7) is 0.191. The number of pyridine rings is 1. The Hall–Kier alpha value is -1.13. The molecule has 12 heavy (non-hydrogen) atoms. The van der Waals surface area contributed by atoms with Crippen LogP contribution in [0, 0.1) is 0 Å². The Bertz CT molecular complexity index is 358. The quantitative estimate of drug-likeness (QED) is 0.534. The monoisotopic (exact) mass is 167 g/mol. The molecule has 2 rings (SSSR count). The fourth-order valence-corrected chi connectivity index (χ4v) is 1.47. The first kappa shape index (κ1) is 7.52. The van der Waals surface area contributed by atoms with Gasteiger partial charge >= 0.3 is 0 Å². The van der Waals surface area contributed by atoms with Crippen LogP contribution < -0.4 is 5.56 Å². The fourth-order valence-electron chi connectivity index (χ4n) is 1.47. The third-order valence-electron chi connectivity index (χ3n) is 2.12. The standard InChI is InChI=1S/C8H9NO3/c10-6-4-9-5(8(6)12)2-1-3-7(9)11/h1-3,6,8,10,12H,4H2. The zero-order valence-electron chi connectivity index (χ0n) is 6.34. The average molecular weight is 167 g/mol. The lowest BCUT2D eigenvalue weighted by atomic mass is 10.2. The molecule has 0 radical (unpaired) electrons. The van der Waals surface area contributed by atoms with Gasteiger partial charge in [0.1, 0.15) is 12.2 Å². The number of rotatable bonds is 0. The summed E-state index contributed by atoms with van der Waals surface area (Å²) in [4.78, 5) is 11.1. The largest absolute Gasteiger partial charge is 0.388 e. The first-order chi connectivity index (χ1) is 5.70. The normalized spacial score (nSPS) is 27.2. The lowest BCUT2D eigenvalue weighted by Crippen LogP contribution is -2.19. The van der Waals surface area contributed by atoms with Gasteiger partial charge in [-0.15, -0.1) is 0 Å². The summed E-state index contributed by atoms with van der Waals surface area (Å²) in [6, 6.07) is 4.63. The summed E-state index contributed by atoms with van der Waals surface area (Å²) in [5.41, 5.74) is 0.318. The van der Waals surface area contributed by atoms with E-state index in [1.807, 2.05) is 0 Å². The second-order valence-corrected chi connectivity index (χ2v) is 2.91. The first-order valence-corrected chi connectivity index (χ1v) is 3.76. The molecule has 4 nitrogen and oxygen atoms in total. The molecular formula is C8H9NO3. The molecule has 0 saturated heterocycles. The van der Waals surface area contributed by atoms with E-state index in [9.17, 15) is 15.0 Å². The van der Waals surface area contributed by atoms with E-state index in [1.54, 1.807) is 12.1 Å². The third kappa shape index (κ3) is 0.888. The maximum atomic E-state index is 11.1. The molecule has 0 spiro atoms. The van der Waals surface area contributed by atoms with Crippen LogP contribution in [0.1, 0.15) is 11.8 Å². The van der Waals surface area contributed by atoms with Gasteiger partial charge in [0.15, 0.2) is 0 Å². The molecule has 4 heteroatoms. The first-order valence-electron chi connectivity index (χ1n) is 3.76. The Morgan fingerprint density at radius 3 is 2.83 bits per heavy atom. The van der Waals surface area contributed by atoms with Crippen LogP contribution >= 0.6 is 0 Å². The number of aliphatic hydroxyl groups is 2. The highest BCUT2D eigenvalue weighted by Gasteiger charge is 2.29. The molecular weight excluding hydrogens is 158 g/mol. The van der Waals surface area contributed by atoms with E-state index >= 15 is 0 Å². The Morgan fingerprint density at radius 2 is 2.17 bits per heavy atom. The molecule has 1 aromatic heterocycles. The van der Waals surface area contributed by atoms with Crippen molar-refractivity contribution in [2.24, 2.45) is 0 Å². The fraction of sp³-hybridized carbons (Fsp3) is 0.375. The number of aliphatic hydroxyl groups excluding tert-OH is 2. The van der Waals surface area contributed by atoms with Gasteiger partial charge in [-0.2, -0.15) is 0 Å². The van der Waals surface area contributed by atoms with Crippen molar-refractivity contribution in [3.8, 4) is 0 Å². The van der Waals surface area contributed by atoms with Crippen molar-refractivity contribution in [2.75, 3.05) is 0 Å². The SMILES string of the molecule is O=c1cccc2n1CC(O)C2O. The number of aromatic nitrogens is 1. The minimum Gasteiger partial charge on any atom is -0.388 e. The van der Waals surface area contributed by atoms with Crippen LogP contribution in [0.4, 0.5) is 0 Å². The Morgan fingerprint density at radius 1 is 1.42 bits per heavy atom.